The van der Waals surface area contributed by atoms with E-state index in [0.717, 1.165) is 45.2 Å². The van der Waals surface area contributed by atoms with E-state index in [1.807, 2.05) is 6.08 Å². The number of aliphatic carboxylic acids is 1. The summed E-state index contributed by atoms with van der Waals surface area (Å²) < 4.78 is 0. The van der Waals surface area contributed by atoms with Gasteiger partial charge in [-0.15, -0.1) is 6.58 Å². The fraction of sp³-hybridized carbons (Fsp3) is 0.750. The highest BCUT2D eigenvalue weighted by atomic mass is 16.4. The second kappa shape index (κ2) is 5.31. The summed E-state index contributed by atoms with van der Waals surface area (Å²) in [6.07, 6.45) is 6.22. The van der Waals surface area contributed by atoms with E-state index in [-0.39, 0.29) is 0 Å². The first-order valence-electron chi connectivity index (χ1n) is 5.76. The molecule has 0 saturated carbocycles. The summed E-state index contributed by atoms with van der Waals surface area (Å²) in [4.78, 5) is 13.5. The van der Waals surface area contributed by atoms with Crippen molar-refractivity contribution >= 4 is 5.97 Å². The lowest BCUT2D eigenvalue weighted by atomic mass is 9.90. The van der Waals surface area contributed by atoms with Crippen molar-refractivity contribution < 1.29 is 9.90 Å². The van der Waals surface area contributed by atoms with Gasteiger partial charge in [-0.3, -0.25) is 9.69 Å². The van der Waals surface area contributed by atoms with Crippen molar-refractivity contribution in [1.29, 1.82) is 0 Å². The molecule has 3 heteroatoms. The largest absolute Gasteiger partial charge is 0.480 e. The highest BCUT2D eigenvalue weighted by molar-refractivity contribution is 5.79. The number of hydrogen-bond donors (Lipinski definition) is 1. The number of nitrogens with zero attached hydrogens (tertiary/aromatic N) is 1. The van der Waals surface area contributed by atoms with Crippen LogP contribution in [-0.4, -0.2) is 34.6 Å². The lowest BCUT2D eigenvalue weighted by Crippen LogP contribution is -2.50. The molecule has 3 nitrogen and oxygen atoms in total. The highest BCUT2D eigenvalue weighted by Gasteiger charge is 2.46. The van der Waals surface area contributed by atoms with E-state index in [9.17, 15) is 9.90 Å². The molecule has 0 amide bonds. The minimum atomic E-state index is -0.647. The predicted octanol–water partition coefficient (Wildman–Crippen LogP) is 2.28. The first-order chi connectivity index (χ1) is 7.17. The number of rotatable bonds is 6. The van der Waals surface area contributed by atoms with Gasteiger partial charge in [0.15, 0.2) is 0 Å². The van der Waals surface area contributed by atoms with Gasteiger partial charge in [0.2, 0.25) is 0 Å². The van der Waals surface area contributed by atoms with Gasteiger partial charge in [-0.05, 0) is 32.2 Å². The molecule has 1 heterocycles. The third-order valence-corrected chi connectivity index (χ3v) is 3.29. The predicted molar refractivity (Wildman–Crippen MR) is 60.9 cm³/mol. The van der Waals surface area contributed by atoms with Gasteiger partial charge in [0.1, 0.15) is 5.54 Å². The van der Waals surface area contributed by atoms with Gasteiger partial charge in [-0.25, -0.2) is 0 Å². The van der Waals surface area contributed by atoms with Gasteiger partial charge in [0.25, 0.3) is 0 Å². The molecule has 1 aliphatic rings. The zero-order valence-corrected chi connectivity index (χ0v) is 9.54. The van der Waals surface area contributed by atoms with Crippen LogP contribution in [0.5, 0.6) is 0 Å². The molecule has 86 valence electrons. The fourth-order valence-electron chi connectivity index (χ4n) is 2.55. The van der Waals surface area contributed by atoms with Crippen LogP contribution in [0.4, 0.5) is 0 Å². The van der Waals surface area contributed by atoms with Crippen LogP contribution in [0.25, 0.3) is 0 Å². The Morgan fingerprint density at radius 2 is 2.40 bits per heavy atom. The Labute approximate surface area is 91.8 Å². The smallest absolute Gasteiger partial charge is 0.324 e. The molecule has 1 fully saturated rings. The Morgan fingerprint density at radius 1 is 1.67 bits per heavy atom. The molecule has 0 aromatic carbocycles. The van der Waals surface area contributed by atoms with Crippen molar-refractivity contribution in [3.63, 3.8) is 0 Å². The summed E-state index contributed by atoms with van der Waals surface area (Å²) in [7, 11) is 0. The molecule has 1 N–H and O–H groups in total. The van der Waals surface area contributed by atoms with E-state index in [4.69, 9.17) is 0 Å². The third kappa shape index (κ3) is 2.40. The van der Waals surface area contributed by atoms with E-state index in [0.29, 0.717) is 0 Å². The Bertz CT molecular complexity index is 240. The van der Waals surface area contributed by atoms with E-state index in [2.05, 4.69) is 18.4 Å². The van der Waals surface area contributed by atoms with E-state index >= 15 is 0 Å². The number of carbonyl (C=O) groups is 1. The maximum atomic E-state index is 11.4. The Balaban J connectivity index is 2.74. The zero-order chi connectivity index (χ0) is 11.3. The molecule has 0 aromatic rings. The molecule has 0 aliphatic carbocycles. The summed E-state index contributed by atoms with van der Waals surface area (Å²) in [5.74, 6) is -0.647. The molecule has 1 atom stereocenters. The van der Waals surface area contributed by atoms with Crippen LogP contribution in [-0.2, 0) is 4.79 Å². The molecule has 0 bridgehead atoms. The van der Waals surface area contributed by atoms with Crippen molar-refractivity contribution in [2.75, 3.05) is 13.1 Å². The molecule has 0 radical (unpaired) electrons. The molecular formula is C12H21NO2. The Kier molecular flexibility index (Phi) is 4.33. The fourth-order valence-corrected chi connectivity index (χ4v) is 2.55. The SMILES string of the molecule is C=CCCN1CCCC1(CCC)C(=O)O. The highest BCUT2D eigenvalue weighted by Crippen LogP contribution is 2.33. The van der Waals surface area contributed by atoms with Gasteiger partial charge >= 0.3 is 5.97 Å². The monoisotopic (exact) mass is 211 g/mol. The normalized spacial score (nSPS) is 26.7. The minimum Gasteiger partial charge on any atom is -0.480 e. The second-order valence-corrected chi connectivity index (χ2v) is 4.25. The van der Waals surface area contributed by atoms with Crippen LogP contribution >= 0.6 is 0 Å². The molecular weight excluding hydrogens is 190 g/mol. The van der Waals surface area contributed by atoms with Crippen LogP contribution in [0.2, 0.25) is 0 Å². The summed E-state index contributed by atoms with van der Waals surface area (Å²) in [6.45, 7) is 7.48. The Hall–Kier alpha value is -0.830. The molecule has 15 heavy (non-hydrogen) atoms. The molecule has 0 spiro atoms. The lowest BCUT2D eigenvalue weighted by molar-refractivity contribution is -0.150. The van der Waals surface area contributed by atoms with Gasteiger partial charge < -0.3 is 5.11 Å². The van der Waals surface area contributed by atoms with E-state index in [1.165, 1.54) is 0 Å². The lowest BCUT2D eigenvalue weighted by Gasteiger charge is -2.34. The van der Waals surface area contributed by atoms with Gasteiger partial charge in [-0.1, -0.05) is 19.4 Å². The topological polar surface area (TPSA) is 40.5 Å². The molecule has 1 rings (SSSR count). The number of carboxylic acids is 1. The zero-order valence-electron chi connectivity index (χ0n) is 9.54. The van der Waals surface area contributed by atoms with Crippen LogP contribution in [0, 0.1) is 0 Å². The van der Waals surface area contributed by atoms with Crippen molar-refractivity contribution in [1.82, 2.24) is 4.90 Å². The van der Waals surface area contributed by atoms with Gasteiger partial charge in [0.05, 0.1) is 0 Å². The molecule has 1 unspecified atom stereocenters. The summed E-state index contributed by atoms with van der Waals surface area (Å²) >= 11 is 0. The van der Waals surface area contributed by atoms with Crippen molar-refractivity contribution in [2.45, 2.75) is 44.6 Å². The maximum Gasteiger partial charge on any atom is 0.324 e. The summed E-state index contributed by atoms with van der Waals surface area (Å²) in [5, 5.41) is 9.40. The average Bonchev–Trinajstić information content (AvgIpc) is 2.60. The average molecular weight is 211 g/mol. The first-order valence-corrected chi connectivity index (χ1v) is 5.76. The standard InChI is InChI=1S/C12H21NO2/c1-3-5-9-13-10-6-8-12(13,7-4-2)11(14)15/h3H,1,4-10H2,2H3,(H,14,15). The maximum absolute atomic E-state index is 11.4. The van der Waals surface area contributed by atoms with Crippen molar-refractivity contribution in [3.05, 3.63) is 12.7 Å². The minimum absolute atomic E-state index is 0.586. The Morgan fingerprint density at radius 3 is 2.93 bits per heavy atom. The molecule has 1 saturated heterocycles. The van der Waals surface area contributed by atoms with Crippen LogP contribution in [0.1, 0.15) is 39.0 Å². The van der Waals surface area contributed by atoms with Gasteiger partial charge in [-0.2, -0.15) is 0 Å². The molecule has 1 aliphatic heterocycles. The first kappa shape index (κ1) is 12.2. The van der Waals surface area contributed by atoms with E-state index in [1.54, 1.807) is 0 Å². The number of likely N-dealkylation sites (tertiary alicyclic amines) is 1. The van der Waals surface area contributed by atoms with Crippen molar-refractivity contribution in [2.24, 2.45) is 0 Å². The molecule has 0 aromatic heterocycles. The number of carboxylic acid groups (broad SMARTS) is 1. The second-order valence-electron chi connectivity index (χ2n) is 4.25. The van der Waals surface area contributed by atoms with Crippen LogP contribution in [0.15, 0.2) is 12.7 Å². The summed E-state index contributed by atoms with van der Waals surface area (Å²) in [6, 6.07) is 0. The number of hydrogen-bond acceptors (Lipinski definition) is 2. The van der Waals surface area contributed by atoms with Crippen LogP contribution < -0.4 is 0 Å². The quantitative estimate of drug-likeness (QED) is 0.685. The van der Waals surface area contributed by atoms with Crippen LogP contribution in [0.3, 0.4) is 0 Å². The summed E-state index contributed by atoms with van der Waals surface area (Å²) in [5.41, 5.74) is -0.586. The van der Waals surface area contributed by atoms with E-state index < -0.39 is 11.5 Å². The third-order valence-electron chi connectivity index (χ3n) is 3.29. The van der Waals surface area contributed by atoms with Crippen molar-refractivity contribution in [3.8, 4) is 0 Å². The van der Waals surface area contributed by atoms with Gasteiger partial charge in [0, 0.05) is 6.54 Å².